The van der Waals surface area contributed by atoms with Crippen LogP contribution in [-0.2, 0) is 0 Å². The van der Waals surface area contributed by atoms with Gasteiger partial charge in [-0.2, -0.15) is 4.98 Å². The van der Waals surface area contributed by atoms with E-state index in [0.29, 0.717) is 6.54 Å². The summed E-state index contributed by atoms with van der Waals surface area (Å²) in [4.78, 5) is 18.4. The molecule has 0 saturated carbocycles. The van der Waals surface area contributed by atoms with Gasteiger partial charge in [-0.3, -0.25) is 9.56 Å². The predicted octanol–water partition coefficient (Wildman–Crippen LogP) is -0.914. The zero-order valence-electron chi connectivity index (χ0n) is 5.69. The van der Waals surface area contributed by atoms with Crippen molar-refractivity contribution in [3.8, 4) is 0 Å². The van der Waals surface area contributed by atoms with Gasteiger partial charge in [0.05, 0.1) is 6.54 Å². The molecule has 0 saturated heterocycles. The summed E-state index contributed by atoms with van der Waals surface area (Å²) < 4.78 is 1.39. The van der Waals surface area contributed by atoms with Crippen LogP contribution in [0.5, 0.6) is 0 Å². The monoisotopic (exact) mass is 150 g/mol. The van der Waals surface area contributed by atoms with Gasteiger partial charge in [0.15, 0.2) is 0 Å². The maximum Gasteiger partial charge on any atom is 0.355 e. The van der Waals surface area contributed by atoms with Crippen molar-refractivity contribution in [1.82, 2.24) is 9.55 Å². The van der Waals surface area contributed by atoms with Crippen LogP contribution < -0.4 is 11.4 Å². The lowest BCUT2D eigenvalue weighted by Crippen LogP contribution is -2.25. The van der Waals surface area contributed by atoms with E-state index in [0.717, 1.165) is 5.84 Å². The van der Waals surface area contributed by atoms with Crippen LogP contribution in [0.2, 0.25) is 0 Å². The molecule has 0 spiro atoms. The van der Waals surface area contributed by atoms with Gasteiger partial charge in [-0.05, 0) is 6.07 Å². The van der Waals surface area contributed by atoms with E-state index in [2.05, 4.69) is 9.98 Å². The fraction of sp³-hybridized carbons (Fsp3) is 0.167. The van der Waals surface area contributed by atoms with Crippen molar-refractivity contribution >= 4 is 11.7 Å². The minimum atomic E-state index is -0.360. The molecule has 1 aliphatic heterocycles. The molecule has 5 nitrogen and oxygen atoms in total. The Hall–Kier alpha value is -1.65. The minimum Gasteiger partial charge on any atom is -0.383 e. The standard InChI is InChI=1S/C6H6N4O/c7-4-1-2-10(5-3-8-5)6(11)9-4/h1-2H,3H2,(H2,7,9,11). The third-order valence-electron chi connectivity index (χ3n) is 1.40. The van der Waals surface area contributed by atoms with E-state index >= 15 is 0 Å². The molecule has 0 fully saturated rings. The lowest BCUT2D eigenvalue weighted by Gasteiger charge is -1.95. The smallest absolute Gasteiger partial charge is 0.355 e. The van der Waals surface area contributed by atoms with Crippen LogP contribution in [0, 0.1) is 0 Å². The summed E-state index contributed by atoms with van der Waals surface area (Å²) in [5.41, 5.74) is 4.92. The van der Waals surface area contributed by atoms with Crippen LogP contribution in [0.25, 0.3) is 0 Å². The fourth-order valence-corrected chi connectivity index (χ4v) is 0.800. The van der Waals surface area contributed by atoms with Gasteiger partial charge in [0.25, 0.3) is 0 Å². The number of nitrogens with two attached hydrogens (primary N) is 1. The Labute approximate surface area is 62.2 Å². The highest BCUT2D eigenvalue weighted by Crippen LogP contribution is 1.98. The second kappa shape index (κ2) is 1.91. The minimum absolute atomic E-state index is 0.243. The normalized spacial score (nSPS) is 14.4. The molecule has 1 aliphatic rings. The summed E-state index contributed by atoms with van der Waals surface area (Å²) in [6.45, 7) is 0.630. The first kappa shape index (κ1) is 6.09. The van der Waals surface area contributed by atoms with Gasteiger partial charge in [0.1, 0.15) is 11.7 Å². The van der Waals surface area contributed by atoms with Crippen LogP contribution >= 0.6 is 0 Å². The number of nitrogen functional groups attached to an aromatic ring is 1. The second-order valence-corrected chi connectivity index (χ2v) is 2.24. The number of aliphatic imine (C=N–C) groups is 1. The molecule has 56 valence electrons. The molecule has 2 N–H and O–H groups in total. The molecule has 0 aliphatic carbocycles. The van der Waals surface area contributed by atoms with E-state index in [9.17, 15) is 4.79 Å². The first-order chi connectivity index (χ1) is 5.27. The van der Waals surface area contributed by atoms with Crippen LogP contribution in [0.1, 0.15) is 0 Å². The molecule has 0 radical (unpaired) electrons. The molecular formula is C6H6N4O. The summed E-state index contributed by atoms with van der Waals surface area (Å²) in [5.74, 6) is 0.995. The van der Waals surface area contributed by atoms with Gasteiger partial charge in [-0.1, -0.05) is 0 Å². The molecule has 0 atom stereocenters. The van der Waals surface area contributed by atoms with Crippen molar-refractivity contribution < 1.29 is 0 Å². The van der Waals surface area contributed by atoms with Crippen molar-refractivity contribution in [3.63, 3.8) is 0 Å². The van der Waals surface area contributed by atoms with E-state index in [1.807, 2.05) is 0 Å². The number of hydrogen-bond donors (Lipinski definition) is 1. The molecule has 11 heavy (non-hydrogen) atoms. The highest BCUT2D eigenvalue weighted by atomic mass is 16.1. The summed E-state index contributed by atoms with van der Waals surface area (Å²) in [5, 5.41) is 0. The molecule has 2 rings (SSSR count). The van der Waals surface area contributed by atoms with Gasteiger partial charge in [-0.15, -0.1) is 0 Å². The number of anilines is 1. The number of nitrogens with zero attached hydrogens (tertiary/aromatic N) is 3. The van der Waals surface area contributed by atoms with Gasteiger partial charge in [-0.25, -0.2) is 4.79 Å². The van der Waals surface area contributed by atoms with E-state index in [4.69, 9.17) is 5.73 Å². The second-order valence-electron chi connectivity index (χ2n) is 2.24. The Balaban J connectivity index is 2.57. The highest BCUT2D eigenvalue weighted by Gasteiger charge is 2.13. The lowest BCUT2D eigenvalue weighted by atomic mass is 10.6. The number of hydrogen-bond acceptors (Lipinski definition) is 4. The molecule has 2 heterocycles. The molecular weight excluding hydrogens is 144 g/mol. The van der Waals surface area contributed by atoms with E-state index < -0.39 is 0 Å². The third-order valence-corrected chi connectivity index (χ3v) is 1.40. The Bertz CT molecular complexity index is 378. The average molecular weight is 150 g/mol. The Morgan fingerprint density at radius 3 is 2.91 bits per heavy atom. The van der Waals surface area contributed by atoms with E-state index in [1.54, 1.807) is 12.3 Å². The highest BCUT2D eigenvalue weighted by molar-refractivity contribution is 5.96. The average Bonchev–Trinajstić information content (AvgIpc) is 2.70. The Morgan fingerprint density at radius 1 is 1.64 bits per heavy atom. The predicted molar refractivity (Wildman–Crippen MR) is 40.6 cm³/mol. The van der Waals surface area contributed by atoms with Crippen molar-refractivity contribution in [2.45, 2.75) is 0 Å². The van der Waals surface area contributed by atoms with Crippen molar-refractivity contribution in [1.29, 1.82) is 0 Å². The number of rotatable bonds is 0. The Kier molecular flexibility index (Phi) is 1.06. The fourth-order valence-electron chi connectivity index (χ4n) is 0.800. The first-order valence-corrected chi connectivity index (χ1v) is 3.16. The van der Waals surface area contributed by atoms with Gasteiger partial charge < -0.3 is 5.73 Å². The van der Waals surface area contributed by atoms with Crippen molar-refractivity contribution in [2.75, 3.05) is 12.3 Å². The molecule has 0 unspecified atom stereocenters. The van der Waals surface area contributed by atoms with Gasteiger partial charge in [0, 0.05) is 6.20 Å². The lowest BCUT2D eigenvalue weighted by molar-refractivity contribution is 0.981. The topological polar surface area (TPSA) is 73.3 Å². The summed E-state index contributed by atoms with van der Waals surface area (Å²) in [7, 11) is 0. The van der Waals surface area contributed by atoms with Crippen LogP contribution in [0.4, 0.5) is 5.82 Å². The zero-order chi connectivity index (χ0) is 7.84. The summed E-state index contributed by atoms with van der Waals surface area (Å²) >= 11 is 0. The van der Waals surface area contributed by atoms with Gasteiger partial charge in [0.2, 0.25) is 0 Å². The number of aromatic nitrogens is 2. The van der Waals surface area contributed by atoms with Crippen molar-refractivity contribution in [2.24, 2.45) is 4.99 Å². The van der Waals surface area contributed by atoms with Crippen LogP contribution in [0.3, 0.4) is 0 Å². The maximum atomic E-state index is 11.0. The van der Waals surface area contributed by atoms with Crippen molar-refractivity contribution in [3.05, 3.63) is 22.7 Å². The molecule has 0 bridgehead atoms. The third kappa shape index (κ3) is 1.000. The largest absolute Gasteiger partial charge is 0.383 e. The Morgan fingerprint density at radius 2 is 2.36 bits per heavy atom. The van der Waals surface area contributed by atoms with Crippen LogP contribution in [0.15, 0.2) is 22.1 Å². The summed E-state index contributed by atoms with van der Waals surface area (Å²) in [6.07, 6.45) is 1.58. The summed E-state index contributed by atoms with van der Waals surface area (Å²) in [6, 6.07) is 1.57. The first-order valence-electron chi connectivity index (χ1n) is 3.16. The maximum absolute atomic E-state index is 11.0. The van der Waals surface area contributed by atoms with Gasteiger partial charge >= 0.3 is 5.69 Å². The zero-order valence-corrected chi connectivity index (χ0v) is 5.69. The SMILES string of the molecule is Nc1ccn(C2=NC2)c(=O)n1. The molecule has 0 amide bonds. The molecule has 1 aromatic rings. The van der Waals surface area contributed by atoms with E-state index in [-0.39, 0.29) is 11.5 Å². The van der Waals surface area contributed by atoms with E-state index in [1.165, 1.54) is 4.57 Å². The van der Waals surface area contributed by atoms with Crippen LogP contribution in [-0.4, -0.2) is 21.9 Å². The molecule has 5 heteroatoms. The quantitative estimate of drug-likeness (QED) is 0.520. The molecule has 1 aromatic heterocycles. The molecule has 0 aromatic carbocycles.